The van der Waals surface area contributed by atoms with E-state index < -0.39 is 27.9 Å². The SMILES string of the molecule is CC[C@H](C)c1ccc(S(=O)(=O)NNC(=O)[C@@H](C)Oc2ccc(F)cc2)cc1. The topological polar surface area (TPSA) is 84.5 Å². The zero-order valence-electron chi connectivity index (χ0n) is 15.4. The summed E-state index contributed by atoms with van der Waals surface area (Å²) in [7, 11) is -3.90. The molecule has 2 N–H and O–H groups in total. The van der Waals surface area contributed by atoms with E-state index >= 15 is 0 Å². The first-order valence-electron chi connectivity index (χ1n) is 8.56. The van der Waals surface area contributed by atoms with Gasteiger partial charge in [0.25, 0.3) is 15.9 Å². The standard InChI is InChI=1S/C19H23FN2O4S/c1-4-13(2)15-5-11-18(12-6-15)27(24,25)22-21-19(23)14(3)26-17-9-7-16(20)8-10-17/h5-14,22H,4H2,1-3H3,(H,21,23)/t13-,14+/m0/s1. The van der Waals surface area contributed by atoms with Crippen molar-refractivity contribution in [3.05, 3.63) is 59.9 Å². The smallest absolute Gasteiger partial charge is 0.275 e. The highest BCUT2D eigenvalue weighted by molar-refractivity contribution is 7.89. The first-order chi connectivity index (χ1) is 12.7. The van der Waals surface area contributed by atoms with Gasteiger partial charge in [-0.25, -0.2) is 12.8 Å². The van der Waals surface area contributed by atoms with E-state index in [1.165, 1.54) is 43.3 Å². The number of carbonyl (C=O) groups is 1. The van der Waals surface area contributed by atoms with Gasteiger partial charge in [-0.3, -0.25) is 10.2 Å². The quantitative estimate of drug-likeness (QED) is 0.674. The highest BCUT2D eigenvalue weighted by Crippen LogP contribution is 2.20. The zero-order chi connectivity index (χ0) is 20.0. The summed E-state index contributed by atoms with van der Waals surface area (Å²) < 4.78 is 42.8. The molecule has 0 radical (unpaired) electrons. The van der Waals surface area contributed by atoms with Crippen molar-refractivity contribution in [1.29, 1.82) is 0 Å². The number of ether oxygens (including phenoxy) is 1. The Labute approximate surface area is 158 Å². The maximum atomic E-state index is 12.9. The second-order valence-electron chi connectivity index (χ2n) is 6.19. The second-order valence-corrected chi connectivity index (χ2v) is 7.87. The maximum absolute atomic E-state index is 12.9. The van der Waals surface area contributed by atoms with Gasteiger partial charge in [0.1, 0.15) is 11.6 Å². The molecule has 2 rings (SSSR count). The average Bonchev–Trinajstić information content (AvgIpc) is 2.67. The molecule has 0 unspecified atom stereocenters. The number of carbonyl (C=O) groups excluding carboxylic acids is 1. The summed E-state index contributed by atoms with van der Waals surface area (Å²) in [4.78, 5) is 14.1. The van der Waals surface area contributed by atoms with Gasteiger partial charge in [-0.1, -0.05) is 26.0 Å². The van der Waals surface area contributed by atoms with Crippen LogP contribution in [0.2, 0.25) is 0 Å². The van der Waals surface area contributed by atoms with E-state index in [0.29, 0.717) is 11.7 Å². The van der Waals surface area contributed by atoms with Crippen molar-refractivity contribution >= 4 is 15.9 Å². The summed E-state index contributed by atoms with van der Waals surface area (Å²) in [6, 6.07) is 11.7. The molecule has 0 aliphatic carbocycles. The van der Waals surface area contributed by atoms with Crippen LogP contribution in [0.25, 0.3) is 0 Å². The van der Waals surface area contributed by atoms with E-state index in [0.717, 1.165) is 12.0 Å². The third kappa shape index (κ3) is 5.77. The summed E-state index contributed by atoms with van der Waals surface area (Å²) in [6.07, 6.45) is -0.0299. The fourth-order valence-corrected chi connectivity index (χ4v) is 3.11. The molecule has 0 bridgehead atoms. The molecule has 0 fully saturated rings. The molecule has 0 spiro atoms. The molecule has 0 aromatic heterocycles. The van der Waals surface area contributed by atoms with Crippen LogP contribution in [0.4, 0.5) is 4.39 Å². The largest absolute Gasteiger partial charge is 0.481 e. The van der Waals surface area contributed by atoms with Crippen molar-refractivity contribution < 1.29 is 22.3 Å². The third-order valence-corrected chi connectivity index (χ3v) is 5.44. The van der Waals surface area contributed by atoms with E-state index in [9.17, 15) is 17.6 Å². The molecule has 0 aliphatic rings. The van der Waals surface area contributed by atoms with Crippen LogP contribution in [-0.2, 0) is 14.8 Å². The highest BCUT2D eigenvalue weighted by atomic mass is 32.2. The van der Waals surface area contributed by atoms with Gasteiger partial charge in [-0.15, -0.1) is 4.83 Å². The van der Waals surface area contributed by atoms with E-state index in [-0.39, 0.29) is 4.90 Å². The van der Waals surface area contributed by atoms with Gasteiger partial charge >= 0.3 is 0 Å². The Morgan fingerprint density at radius 2 is 1.67 bits per heavy atom. The Morgan fingerprint density at radius 3 is 2.22 bits per heavy atom. The maximum Gasteiger partial charge on any atom is 0.275 e. The van der Waals surface area contributed by atoms with Crippen LogP contribution in [0.5, 0.6) is 5.75 Å². The predicted molar refractivity (Wildman–Crippen MR) is 100 cm³/mol. The van der Waals surface area contributed by atoms with Gasteiger partial charge in [0, 0.05) is 0 Å². The number of hydrogen-bond acceptors (Lipinski definition) is 4. The van der Waals surface area contributed by atoms with Crippen LogP contribution >= 0.6 is 0 Å². The fraction of sp³-hybridized carbons (Fsp3) is 0.316. The Hall–Kier alpha value is -2.45. The molecule has 0 saturated carbocycles. The second kappa shape index (κ2) is 8.96. The van der Waals surface area contributed by atoms with Crippen LogP contribution in [0.15, 0.2) is 53.4 Å². The van der Waals surface area contributed by atoms with E-state index in [4.69, 9.17) is 4.74 Å². The molecule has 0 aliphatic heterocycles. The van der Waals surface area contributed by atoms with Gasteiger partial charge in [0.05, 0.1) is 4.90 Å². The van der Waals surface area contributed by atoms with Crippen molar-refractivity contribution in [3.63, 3.8) is 0 Å². The molecule has 2 aromatic carbocycles. The molecule has 0 saturated heterocycles. The van der Waals surface area contributed by atoms with Gasteiger partial charge in [0.2, 0.25) is 0 Å². The predicted octanol–water partition coefficient (Wildman–Crippen LogP) is 3.12. The Bertz CT molecular complexity index is 868. The third-order valence-electron chi connectivity index (χ3n) is 4.18. The molecule has 27 heavy (non-hydrogen) atoms. The van der Waals surface area contributed by atoms with E-state index in [1.54, 1.807) is 12.1 Å². The van der Waals surface area contributed by atoms with Crippen molar-refractivity contribution in [2.75, 3.05) is 0 Å². The van der Waals surface area contributed by atoms with Gasteiger partial charge in [0.15, 0.2) is 6.10 Å². The first-order valence-corrected chi connectivity index (χ1v) is 10.0. The summed E-state index contributed by atoms with van der Waals surface area (Å²) in [6.45, 7) is 5.57. The molecule has 0 heterocycles. The Morgan fingerprint density at radius 1 is 1.07 bits per heavy atom. The van der Waals surface area contributed by atoms with Crippen LogP contribution < -0.4 is 15.0 Å². The van der Waals surface area contributed by atoms with Crippen molar-refractivity contribution in [3.8, 4) is 5.75 Å². The molecular weight excluding hydrogens is 371 g/mol. The number of hydrogen-bond donors (Lipinski definition) is 2. The summed E-state index contributed by atoms with van der Waals surface area (Å²) in [5, 5.41) is 0. The molecular formula is C19H23FN2O4S. The normalized spacial score (nSPS) is 13.6. The Balaban J connectivity index is 1.95. The number of nitrogens with one attached hydrogen (secondary N) is 2. The number of rotatable bonds is 8. The number of benzene rings is 2. The van der Waals surface area contributed by atoms with Crippen LogP contribution in [0.1, 0.15) is 38.7 Å². The molecule has 2 atom stereocenters. The fourth-order valence-electron chi connectivity index (χ4n) is 2.26. The van der Waals surface area contributed by atoms with Crippen LogP contribution in [0.3, 0.4) is 0 Å². The van der Waals surface area contributed by atoms with Gasteiger partial charge in [-0.05, 0) is 61.2 Å². The summed E-state index contributed by atoms with van der Waals surface area (Å²) in [5.74, 6) is -0.480. The molecule has 1 amide bonds. The monoisotopic (exact) mass is 394 g/mol. The minimum Gasteiger partial charge on any atom is -0.481 e. The summed E-state index contributed by atoms with van der Waals surface area (Å²) >= 11 is 0. The summed E-state index contributed by atoms with van der Waals surface area (Å²) in [5.41, 5.74) is 3.17. The first kappa shape index (κ1) is 20.9. The molecule has 6 nitrogen and oxygen atoms in total. The highest BCUT2D eigenvalue weighted by Gasteiger charge is 2.19. The van der Waals surface area contributed by atoms with Gasteiger partial charge in [-0.2, -0.15) is 0 Å². The lowest BCUT2D eigenvalue weighted by atomic mass is 9.99. The number of hydrazine groups is 1. The molecule has 146 valence electrons. The average molecular weight is 394 g/mol. The lowest BCUT2D eigenvalue weighted by molar-refractivity contribution is -0.127. The van der Waals surface area contributed by atoms with Crippen LogP contribution in [-0.4, -0.2) is 20.4 Å². The van der Waals surface area contributed by atoms with Crippen LogP contribution in [0, 0.1) is 5.82 Å². The van der Waals surface area contributed by atoms with Crippen molar-refractivity contribution in [1.82, 2.24) is 10.3 Å². The molecule has 8 heteroatoms. The van der Waals surface area contributed by atoms with E-state index in [2.05, 4.69) is 19.3 Å². The minimum atomic E-state index is -3.90. The van der Waals surface area contributed by atoms with Crippen molar-refractivity contribution in [2.45, 2.75) is 44.1 Å². The zero-order valence-corrected chi connectivity index (χ0v) is 16.2. The molecule has 2 aromatic rings. The number of sulfonamides is 1. The number of halogens is 1. The number of amides is 1. The lowest BCUT2D eigenvalue weighted by Gasteiger charge is -2.15. The Kier molecular flexibility index (Phi) is 6.92. The van der Waals surface area contributed by atoms with E-state index in [1.807, 2.05) is 4.83 Å². The van der Waals surface area contributed by atoms with Gasteiger partial charge < -0.3 is 4.74 Å². The lowest BCUT2D eigenvalue weighted by Crippen LogP contribution is -2.47. The van der Waals surface area contributed by atoms with Crippen molar-refractivity contribution in [2.24, 2.45) is 0 Å². The minimum absolute atomic E-state index is 0.0435.